The fourth-order valence-electron chi connectivity index (χ4n) is 2.57. The second-order valence-corrected chi connectivity index (χ2v) is 9.05. The monoisotopic (exact) mass is 521 g/mol. The molecule has 3 nitrogen and oxygen atoms in total. The second kappa shape index (κ2) is 8.93. The third-order valence-corrected chi connectivity index (χ3v) is 4.50. The highest BCUT2D eigenvalue weighted by Gasteiger charge is 2.31. The van der Waals surface area contributed by atoms with Crippen LogP contribution in [0.25, 0.3) is 0 Å². The van der Waals surface area contributed by atoms with Crippen LogP contribution in [0.5, 0.6) is 0 Å². The molecule has 0 saturated heterocycles. The van der Waals surface area contributed by atoms with E-state index >= 15 is 0 Å². The molecule has 1 heterocycles. The first kappa shape index (κ1) is 17.8. The Kier molecular flexibility index (Phi) is 7.23. The number of benzene rings is 1. The molecule has 5 heteroatoms. The molecule has 1 unspecified atom stereocenters. The molecular formula is C17H21I2N3. The second-order valence-electron chi connectivity index (χ2n) is 5.13. The van der Waals surface area contributed by atoms with Crippen molar-refractivity contribution in [3.63, 3.8) is 0 Å². The summed E-state index contributed by atoms with van der Waals surface area (Å²) in [5.74, 6) is 0. The first-order valence-corrected chi connectivity index (χ1v) is 9.29. The summed E-state index contributed by atoms with van der Waals surface area (Å²) in [6.07, 6.45) is 10.8. The molecule has 22 heavy (non-hydrogen) atoms. The number of halogens is 2. The number of hydrogen-bond donors (Lipinski definition) is 0. The van der Waals surface area contributed by atoms with Gasteiger partial charge in [-0.05, 0) is 18.6 Å². The van der Waals surface area contributed by atoms with Crippen molar-refractivity contribution in [1.82, 2.24) is 6.23 Å². The molecule has 1 aromatic carbocycles. The minimum Gasteiger partial charge on any atom is -0.338 e. The Balaban J connectivity index is 2.18. The Bertz CT molecular complexity index is 540. The van der Waals surface area contributed by atoms with Gasteiger partial charge in [-0.25, -0.2) is 0 Å². The molecule has 1 atom stereocenters. The van der Waals surface area contributed by atoms with E-state index < -0.39 is 0 Å². The molecule has 1 aliphatic heterocycles. The van der Waals surface area contributed by atoms with E-state index in [2.05, 4.69) is 113 Å². The predicted octanol–water partition coefficient (Wildman–Crippen LogP) is 5.48. The van der Waals surface area contributed by atoms with Crippen LogP contribution in [0.3, 0.4) is 0 Å². The van der Waals surface area contributed by atoms with E-state index in [4.69, 9.17) is 0 Å². The average molecular weight is 521 g/mol. The van der Waals surface area contributed by atoms with Gasteiger partial charge in [-0.1, -0.05) is 55.8 Å². The predicted molar refractivity (Wildman–Crippen MR) is 112 cm³/mol. The van der Waals surface area contributed by atoms with E-state index in [1.54, 1.807) is 0 Å². The average Bonchev–Trinajstić information content (AvgIpc) is 2.92. The van der Waals surface area contributed by atoms with Crippen LogP contribution < -0.4 is 4.90 Å². The van der Waals surface area contributed by atoms with Gasteiger partial charge in [0.2, 0.25) is 0 Å². The molecule has 1 aromatic rings. The SMILES string of the molecule is C=C/C=C(\CCC)CN1C=CN(c2ccccc2)C1N(I)I. The Labute approximate surface area is 161 Å². The van der Waals surface area contributed by atoms with Crippen LogP contribution in [0.4, 0.5) is 5.69 Å². The van der Waals surface area contributed by atoms with Crippen LogP contribution in [0, 0.1) is 0 Å². The fraction of sp³-hybridized carbons (Fsp3) is 0.294. The normalized spacial score (nSPS) is 18.4. The van der Waals surface area contributed by atoms with E-state index in [0.717, 1.165) is 19.4 Å². The molecule has 0 aliphatic carbocycles. The fourth-order valence-corrected chi connectivity index (χ4v) is 3.75. The number of anilines is 1. The van der Waals surface area contributed by atoms with Gasteiger partial charge in [-0.15, -0.1) is 1.33 Å². The van der Waals surface area contributed by atoms with Gasteiger partial charge >= 0.3 is 0 Å². The van der Waals surface area contributed by atoms with Crippen LogP contribution in [0.1, 0.15) is 19.8 Å². The summed E-state index contributed by atoms with van der Waals surface area (Å²) >= 11 is 4.70. The summed E-state index contributed by atoms with van der Waals surface area (Å²) < 4.78 is 2.18. The topological polar surface area (TPSA) is 9.72 Å². The van der Waals surface area contributed by atoms with E-state index in [0.29, 0.717) is 0 Å². The third-order valence-electron chi connectivity index (χ3n) is 3.50. The molecular weight excluding hydrogens is 500 g/mol. The Morgan fingerprint density at radius 1 is 1.27 bits per heavy atom. The highest BCUT2D eigenvalue weighted by molar-refractivity contribution is 14.2. The van der Waals surface area contributed by atoms with Crippen molar-refractivity contribution in [3.05, 3.63) is 67.0 Å². The third kappa shape index (κ3) is 4.48. The van der Waals surface area contributed by atoms with Crippen molar-refractivity contribution >= 4 is 51.4 Å². The van der Waals surface area contributed by atoms with E-state index in [1.807, 2.05) is 12.1 Å². The van der Waals surface area contributed by atoms with Crippen molar-refractivity contribution in [3.8, 4) is 0 Å². The van der Waals surface area contributed by atoms with Gasteiger partial charge in [-0.2, -0.15) is 0 Å². The van der Waals surface area contributed by atoms with Crippen LogP contribution in [-0.2, 0) is 0 Å². The summed E-state index contributed by atoms with van der Waals surface area (Å²) in [6.45, 7) is 6.98. The van der Waals surface area contributed by atoms with Crippen LogP contribution >= 0.6 is 45.7 Å². The molecule has 118 valence electrons. The number of allylic oxidation sites excluding steroid dienone is 2. The number of hydrogen-bond acceptors (Lipinski definition) is 3. The zero-order valence-electron chi connectivity index (χ0n) is 12.7. The van der Waals surface area contributed by atoms with Crippen molar-refractivity contribution in [2.45, 2.75) is 26.1 Å². The quantitative estimate of drug-likeness (QED) is 0.268. The molecule has 2 rings (SSSR count). The summed E-state index contributed by atoms with van der Waals surface area (Å²) in [5.41, 5.74) is 2.62. The minimum absolute atomic E-state index is 0.175. The maximum absolute atomic E-state index is 3.84. The lowest BCUT2D eigenvalue weighted by atomic mass is 10.1. The van der Waals surface area contributed by atoms with Gasteiger partial charge < -0.3 is 9.80 Å². The number of rotatable bonds is 7. The summed E-state index contributed by atoms with van der Waals surface area (Å²) in [6, 6.07) is 10.5. The molecule has 0 saturated carbocycles. The zero-order chi connectivity index (χ0) is 15.9. The highest BCUT2D eigenvalue weighted by Crippen LogP contribution is 2.31. The maximum Gasteiger partial charge on any atom is 0.181 e. The van der Waals surface area contributed by atoms with E-state index in [-0.39, 0.29) is 6.29 Å². The Morgan fingerprint density at radius 3 is 2.59 bits per heavy atom. The van der Waals surface area contributed by atoms with Crippen LogP contribution in [0.2, 0.25) is 0 Å². The molecule has 0 N–H and O–H groups in total. The van der Waals surface area contributed by atoms with Crippen molar-refractivity contribution in [2.24, 2.45) is 0 Å². The minimum atomic E-state index is 0.175. The Hall–Kier alpha value is -0.540. The van der Waals surface area contributed by atoms with Crippen molar-refractivity contribution in [1.29, 1.82) is 0 Å². The summed E-state index contributed by atoms with van der Waals surface area (Å²) in [7, 11) is 0. The van der Waals surface area contributed by atoms with Crippen LogP contribution in [0.15, 0.2) is 67.0 Å². The molecule has 0 fully saturated rings. The standard InChI is InChI=1S/C17H21I2N3/c1-3-8-15(9-4-2)14-20-12-13-21(17(20)22(18)19)16-10-6-5-7-11-16/h3,5-8,10-13,17H,1,4,9,14H2,2H3/b15-8+. The summed E-state index contributed by atoms with van der Waals surface area (Å²) in [4.78, 5) is 4.65. The lowest BCUT2D eigenvalue weighted by Crippen LogP contribution is -2.45. The van der Waals surface area contributed by atoms with E-state index in [9.17, 15) is 0 Å². The lowest BCUT2D eigenvalue weighted by molar-refractivity contribution is 0.276. The lowest BCUT2D eigenvalue weighted by Gasteiger charge is -2.35. The molecule has 0 aromatic heterocycles. The first-order chi connectivity index (χ1) is 10.7. The van der Waals surface area contributed by atoms with Gasteiger partial charge in [0, 0.05) is 70.4 Å². The van der Waals surface area contributed by atoms with Gasteiger partial charge in [0.25, 0.3) is 0 Å². The molecule has 0 spiro atoms. The maximum atomic E-state index is 3.84. The highest BCUT2D eigenvalue weighted by atomic mass is 127. The van der Waals surface area contributed by atoms with Gasteiger partial charge in [0.15, 0.2) is 6.29 Å². The number of para-hydroxylation sites is 1. The van der Waals surface area contributed by atoms with Gasteiger partial charge in [0.05, 0.1) is 0 Å². The smallest absolute Gasteiger partial charge is 0.181 e. The van der Waals surface area contributed by atoms with E-state index in [1.165, 1.54) is 11.3 Å². The molecule has 1 aliphatic rings. The Morgan fingerprint density at radius 2 is 2.00 bits per heavy atom. The largest absolute Gasteiger partial charge is 0.338 e. The van der Waals surface area contributed by atoms with Gasteiger partial charge in [-0.3, -0.25) is 0 Å². The van der Waals surface area contributed by atoms with Crippen LogP contribution in [-0.4, -0.2) is 19.1 Å². The molecule has 0 amide bonds. The first-order valence-electron chi connectivity index (χ1n) is 7.36. The van der Waals surface area contributed by atoms with Crippen molar-refractivity contribution < 1.29 is 0 Å². The molecule has 0 bridgehead atoms. The molecule has 0 radical (unpaired) electrons. The number of nitrogens with zero attached hydrogens (tertiary/aromatic N) is 3. The van der Waals surface area contributed by atoms with Gasteiger partial charge in [0.1, 0.15) is 0 Å². The van der Waals surface area contributed by atoms with Crippen molar-refractivity contribution in [2.75, 3.05) is 11.4 Å². The zero-order valence-corrected chi connectivity index (χ0v) is 17.0. The summed E-state index contributed by atoms with van der Waals surface area (Å²) in [5, 5.41) is 0.